The molecule has 2 rings (SSSR count). The normalized spacial score (nSPS) is 17.7. The van der Waals surface area contributed by atoms with Crippen LogP contribution in [0.5, 0.6) is 11.5 Å². The van der Waals surface area contributed by atoms with E-state index in [4.69, 9.17) is 4.74 Å². The van der Waals surface area contributed by atoms with Gasteiger partial charge in [-0.2, -0.15) is 0 Å². The lowest BCUT2D eigenvalue weighted by Crippen LogP contribution is -2.27. The lowest BCUT2D eigenvalue weighted by Gasteiger charge is -2.25. The van der Waals surface area contributed by atoms with Crippen LogP contribution in [0.4, 0.5) is 0 Å². The van der Waals surface area contributed by atoms with Gasteiger partial charge in [-0.1, -0.05) is 6.07 Å². The molecule has 0 amide bonds. The first kappa shape index (κ1) is 13.4. The van der Waals surface area contributed by atoms with Crippen molar-refractivity contribution >= 4 is 11.8 Å². The molecule has 1 heterocycles. The van der Waals surface area contributed by atoms with Gasteiger partial charge in [-0.05, 0) is 31.4 Å². The SMILES string of the molecule is CC(=O)CCC[C@@H]1Cc2ccc(O)c(O)c2C(=O)O1. The van der Waals surface area contributed by atoms with Gasteiger partial charge in [0.25, 0.3) is 0 Å². The minimum absolute atomic E-state index is 0.0443. The zero-order valence-electron chi connectivity index (χ0n) is 10.7. The predicted octanol–water partition coefficient (Wildman–Crippen LogP) is 1.94. The molecule has 1 aromatic carbocycles. The molecule has 102 valence electrons. The summed E-state index contributed by atoms with van der Waals surface area (Å²) in [6, 6.07) is 2.97. The molecule has 0 unspecified atom stereocenters. The first-order valence-electron chi connectivity index (χ1n) is 6.23. The molecule has 0 aliphatic carbocycles. The third-order valence-electron chi connectivity index (χ3n) is 3.22. The number of hydrogen-bond donors (Lipinski definition) is 2. The lowest BCUT2D eigenvalue weighted by atomic mass is 9.94. The Morgan fingerprint density at radius 1 is 1.42 bits per heavy atom. The van der Waals surface area contributed by atoms with Gasteiger partial charge in [-0.25, -0.2) is 4.79 Å². The summed E-state index contributed by atoms with van der Waals surface area (Å²) >= 11 is 0. The number of cyclic esters (lactones) is 1. The monoisotopic (exact) mass is 264 g/mol. The van der Waals surface area contributed by atoms with Crippen molar-refractivity contribution in [3.8, 4) is 11.5 Å². The maximum absolute atomic E-state index is 11.8. The highest BCUT2D eigenvalue weighted by Crippen LogP contribution is 2.35. The molecule has 0 saturated carbocycles. The van der Waals surface area contributed by atoms with Crippen LogP contribution in [0.3, 0.4) is 0 Å². The fourth-order valence-electron chi connectivity index (χ4n) is 2.26. The summed E-state index contributed by atoms with van der Waals surface area (Å²) in [5.41, 5.74) is 0.710. The van der Waals surface area contributed by atoms with Crippen LogP contribution in [0.2, 0.25) is 0 Å². The van der Waals surface area contributed by atoms with E-state index >= 15 is 0 Å². The molecule has 1 aromatic rings. The quantitative estimate of drug-likeness (QED) is 0.641. The number of rotatable bonds is 4. The Balaban J connectivity index is 2.10. The largest absolute Gasteiger partial charge is 0.504 e. The summed E-state index contributed by atoms with van der Waals surface area (Å²) in [5, 5.41) is 19.0. The number of benzene rings is 1. The molecule has 2 N–H and O–H groups in total. The van der Waals surface area contributed by atoms with Gasteiger partial charge < -0.3 is 19.7 Å². The number of fused-ring (bicyclic) bond motifs is 1. The molecular formula is C14H16O5. The van der Waals surface area contributed by atoms with E-state index in [2.05, 4.69) is 0 Å². The number of ether oxygens (including phenoxy) is 1. The van der Waals surface area contributed by atoms with Crippen LogP contribution in [-0.4, -0.2) is 28.1 Å². The van der Waals surface area contributed by atoms with Crippen molar-refractivity contribution in [2.24, 2.45) is 0 Å². The summed E-state index contributed by atoms with van der Waals surface area (Å²) in [6.07, 6.45) is 1.98. The van der Waals surface area contributed by atoms with Crippen molar-refractivity contribution in [1.82, 2.24) is 0 Å². The van der Waals surface area contributed by atoms with E-state index in [1.54, 1.807) is 6.07 Å². The average Bonchev–Trinajstić information content (AvgIpc) is 2.33. The molecule has 0 aromatic heterocycles. The molecule has 1 atom stereocenters. The smallest absolute Gasteiger partial charge is 0.342 e. The molecule has 0 spiro atoms. The summed E-state index contributed by atoms with van der Waals surface area (Å²) in [4.78, 5) is 22.7. The van der Waals surface area contributed by atoms with Crippen LogP contribution in [0.15, 0.2) is 12.1 Å². The number of phenols is 2. The number of esters is 1. The molecular weight excluding hydrogens is 248 g/mol. The van der Waals surface area contributed by atoms with Crippen LogP contribution >= 0.6 is 0 Å². The van der Waals surface area contributed by atoms with Gasteiger partial charge in [0.2, 0.25) is 0 Å². The number of carbonyl (C=O) groups excluding carboxylic acids is 2. The van der Waals surface area contributed by atoms with Crippen LogP contribution < -0.4 is 0 Å². The van der Waals surface area contributed by atoms with Crippen LogP contribution in [0.25, 0.3) is 0 Å². The standard InChI is InChI=1S/C14H16O5/c1-8(15)3-2-4-10-7-9-5-6-11(16)13(17)12(9)14(18)19-10/h5-6,10,16-17H,2-4,7H2,1H3/t10-/m1/s1. The van der Waals surface area contributed by atoms with Crippen molar-refractivity contribution in [2.75, 3.05) is 0 Å². The summed E-state index contributed by atoms with van der Waals surface area (Å²) in [6.45, 7) is 1.53. The first-order valence-corrected chi connectivity index (χ1v) is 6.23. The third kappa shape index (κ3) is 2.86. The van der Waals surface area contributed by atoms with Gasteiger partial charge in [0, 0.05) is 12.8 Å². The average molecular weight is 264 g/mol. The number of phenolic OH excluding ortho intramolecular Hbond substituents is 2. The van der Waals surface area contributed by atoms with Gasteiger partial charge in [0.05, 0.1) is 0 Å². The van der Waals surface area contributed by atoms with Gasteiger partial charge in [-0.3, -0.25) is 0 Å². The Hall–Kier alpha value is -2.04. The molecule has 5 nitrogen and oxygen atoms in total. The zero-order chi connectivity index (χ0) is 14.0. The molecule has 0 saturated heterocycles. The number of Topliss-reactive ketones (excluding diaryl/α,β-unsaturated/α-hetero) is 1. The van der Waals surface area contributed by atoms with Crippen LogP contribution in [0, 0.1) is 0 Å². The van der Waals surface area contributed by atoms with Gasteiger partial charge >= 0.3 is 5.97 Å². The van der Waals surface area contributed by atoms with E-state index in [0.29, 0.717) is 31.2 Å². The Labute approximate surface area is 110 Å². The Bertz CT molecular complexity index is 521. The number of ketones is 1. The van der Waals surface area contributed by atoms with Gasteiger partial charge in [-0.15, -0.1) is 0 Å². The fourth-order valence-corrected chi connectivity index (χ4v) is 2.26. The highest BCUT2D eigenvalue weighted by molar-refractivity contribution is 5.96. The Kier molecular flexibility index (Phi) is 3.74. The molecule has 1 aliphatic rings. The Morgan fingerprint density at radius 2 is 2.16 bits per heavy atom. The van der Waals surface area contributed by atoms with Crippen LogP contribution in [0.1, 0.15) is 42.1 Å². The Morgan fingerprint density at radius 3 is 2.84 bits per heavy atom. The molecule has 0 fully saturated rings. The second-order valence-corrected chi connectivity index (χ2v) is 4.79. The van der Waals surface area contributed by atoms with Crippen molar-refractivity contribution in [2.45, 2.75) is 38.7 Å². The van der Waals surface area contributed by atoms with Crippen molar-refractivity contribution in [3.63, 3.8) is 0 Å². The van der Waals surface area contributed by atoms with Crippen molar-refractivity contribution in [3.05, 3.63) is 23.3 Å². The maximum atomic E-state index is 11.8. The number of aromatic hydroxyl groups is 2. The molecule has 0 bridgehead atoms. The topological polar surface area (TPSA) is 83.8 Å². The van der Waals surface area contributed by atoms with Crippen molar-refractivity contribution < 1.29 is 24.5 Å². The van der Waals surface area contributed by atoms with Crippen LogP contribution in [-0.2, 0) is 16.0 Å². The first-order chi connectivity index (χ1) is 8.99. The maximum Gasteiger partial charge on any atom is 0.342 e. The van der Waals surface area contributed by atoms with E-state index in [-0.39, 0.29) is 23.2 Å². The van der Waals surface area contributed by atoms with Gasteiger partial charge in [0.15, 0.2) is 11.5 Å². The van der Waals surface area contributed by atoms with E-state index in [1.165, 1.54) is 13.0 Å². The number of carbonyl (C=O) groups is 2. The lowest BCUT2D eigenvalue weighted by molar-refractivity contribution is -0.117. The predicted molar refractivity (Wildman–Crippen MR) is 67.2 cm³/mol. The van der Waals surface area contributed by atoms with Gasteiger partial charge in [0.1, 0.15) is 17.5 Å². The molecule has 1 aliphatic heterocycles. The fraction of sp³-hybridized carbons (Fsp3) is 0.429. The molecule has 0 radical (unpaired) electrons. The minimum Gasteiger partial charge on any atom is -0.504 e. The second kappa shape index (κ2) is 5.30. The number of hydrogen-bond acceptors (Lipinski definition) is 5. The minimum atomic E-state index is -0.623. The highest BCUT2D eigenvalue weighted by atomic mass is 16.5. The third-order valence-corrected chi connectivity index (χ3v) is 3.22. The van der Waals surface area contributed by atoms with E-state index in [1.807, 2.05) is 0 Å². The van der Waals surface area contributed by atoms with E-state index < -0.39 is 11.7 Å². The van der Waals surface area contributed by atoms with Crippen molar-refractivity contribution in [1.29, 1.82) is 0 Å². The summed E-state index contributed by atoms with van der Waals surface area (Å²) < 4.78 is 5.21. The summed E-state index contributed by atoms with van der Waals surface area (Å²) in [5.74, 6) is -1.26. The second-order valence-electron chi connectivity index (χ2n) is 4.79. The molecule has 5 heteroatoms. The van der Waals surface area contributed by atoms with E-state index in [0.717, 1.165) is 0 Å². The zero-order valence-corrected chi connectivity index (χ0v) is 10.7. The summed E-state index contributed by atoms with van der Waals surface area (Å²) in [7, 11) is 0. The highest BCUT2D eigenvalue weighted by Gasteiger charge is 2.30. The van der Waals surface area contributed by atoms with E-state index in [9.17, 15) is 19.8 Å². The molecule has 19 heavy (non-hydrogen) atoms.